The minimum absolute atomic E-state index is 0.0262. The standard InChI is InChI=1S/C23H19FN2O4S/c24-22-19(12-11-17-7-3-1-4-8-17)13-14-20(30-16-18-9-5-2-6-10-18)23(22)26-15-21(27)25-31(26,28)29/h1-14H,15-16H2,(H,25,27)/b12-11+. The topological polar surface area (TPSA) is 75.7 Å². The molecule has 3 aromatic rings. The predicted molar refractivity (Wildman–Crippen MR) is 117 cm³/mol. The van der Waals surface area contributed by atoms with Crippen LogP contribution in [0.3, 0.4) is 0 Å². The zero-order valence-electron chi connectivity index (χ0n) is 16.4. The van der Waals surface area contributed by atoms with Crippen molar-refractivity contribution >= 4 is 34.0 Å². The Balaban J connectivity index is 1.73. The molecule has 1 N–H and O–H groups in total. The Kier molecular flexibility index (Phi) is 5.73. The molecule has 1 aliphatic heterocycles. The summed E-state index contributed by atoms with van der Waals surface area (Å²) in [6, 6.07) is 21.5. The number of carbonyl (C=O) groups is 1. The molecule has 1 fully saturated rings. The lowest BCUT2D eigenvalue weighted by molar-refractivity contribution is -0.117. The van der Waals surface area contributed by atoms with Gasteiger partial charge in [-0.3, -0.25) is 4.79 Å². The van der Waals surface area contributed by atoms with E-state index >= 15 is 4.39 Å². The van der Waals surface area contributed by atoms with Gasteiger partial charge in [0.05, 0.1) is 0 Å². The molecule has 0 unspecified atom stereocenters. The molecule has 6 nitrogen and oxygen atoms in total. The molecule has 158 valence electrons. The van der Waals surface area contributed by atoms with Crippen LogP contribution in [0, 0.1) is 5.82 Å². The number of amides is 1. The van der Waals surface area contributed by atoms with Gasteiger partial charge in [-0.15, -0.1) is 0 Å². The molecule has 1 amide bonds. The number of hydrogen-bond donors (Lipinski definition) is 1. The Morgan fingerprint density at radius 3 is 2.29 bits per heavy atom. The fourth-order valence-electron chi connectivity index (χ4n) is 3.17. The molecule has 1 saturated heterocycles. The highest BCUT2D eigenvalue weighted by atomic mass is 32.2. The minimum atomic E-state index is -4.21. The van der Waals surface area contributed by atoms with Crippen molar-refractivity contribution in [1.29, 1.82) is 0 Å². The summed E-state index contributed by atoms with van der Waals surface area (Å²) >= 11 is 0. The average molecular weight is 438 g/mol. The number of benzene rings is 3. The quantitative estimate of drug-likeness (QED) is 0.595. The molecule has 8 heteroatoms. The van der Waals surface area contributed by atoms with Gasteiger partial charge in [0.15, 0.2) is 5.82 Å². The summed E-state index contributed by atoms with van der Waals surface area (Å²) < 4.78 is 48.6. The second-order valence-electron chi connectivity index (χ2n) is 6.87. The Morgan fingerprint density at radius 2 is 1.65 bits per heavy atom. The van der Waals surface area contributed by atoms with Crippen LogP contribution in [0.25, 0.3) is 12.2 Å². The van der Waals surface area contributed by atoms with Crippen LogP contribution in [0.4, 0.5) is 10.1 Å². The molecule has 0 radical (unpaired) electrons. The number of hydrogen-bond acceptors (Lipinski definition) is 4. The third kappa shape index (κ3) is 4.59. The molecule has 0 aromatic heterocycles. The Labute approximate surface area is 179 Å². The molecule has 31 heavy (non-hydrogen) atoms. The van der Waals surface area contributed by atoms with E-state index in [9.17, 15) is 13.2 Å². The van der Waals surface area contributed by atoms with Crippen molar-refractivity contribution in [2.24, 2.45) is 0 Å². The van der Waals surface area contributed by atoms with Gasteiger partial charge in [-0.2, -0.15) is 8.42 Å². The molecule has 0 bridgehead atoms. The van der Waals surface area contributed by atoms with Gasteiger partial charge in [-0.1, -0.05) is 72.8 Å². The summed E-state index contributed by atoms with van der Waals surface area (Å²) in [6.07, 6.45) is 3.27. The van der Waals surface area contributed by atoms with Crippen molar-refractivity contribution < 1.29 is 22.3 Å². The molecule has 1 heterocycles. The van der Waals surface area contributed by atoms with Gasteiger partial charge in [-0.05, 0) is 23.3 Å². The van der Waals surface area contributed by atoms with Crippen molar-refractivity contribution in [2.75, 3.05) is 10.8 Å². The Morgan fingerprint density at radius 1 is 0.968 bits per heavy atom. The van der Waals surface area contributed by atoms with Crippen LogP contribution >= 0.6 is 0 Å². The first-order valence-electron chi connectivity index (χ1n) is 9.50. The number of nitrogens with zero attached hydrogens (tertiary/aromatic N) is 1. The van der Waals surface area contributed by atoms with Crippen LogP contribution < -0.4 is 13.8 Å². The van der Waals surface area contributed by atoms with Crippen molar-refractivity contribution in [1.82, 2.24) is 4.72 Å². The maximum absolute atomic E-state index is 15.5. The normalized spacial score (nSPS) is 15.3. The second-order valence-corrected chi connectivity index (χ2v) is 8.47. The number of halogens is 1. The number of rotatable bonds is 6. The second kappa shape index (κ2) is 8.61. The number of ether oxygens (including phenoxy) is 1. The van der Waals surface area contributed by atoms with Crippen molar-refractivity contribution in [3.05, 3.63) is 95.3 Å². The van der Waals surface area contributed by atoms with Gasteiger partial charge in [0.2, 0.25) is 0 Å². The Hall–Kier alpha value is -3.65. The van der Waals surface area contributed by atoms with Crippen LogP contribution in [0.1, 0.15) is 16.7 Å². The van der Waals surface area contributed by atoms with E-state index in [-0.39, 0.29) is 23.6 Å². The average Bonchev–Trinajstić information content (AvgIpc) is 3.04. The minimum Gasteiger partial charge on any atom is -0.487 e. The SMILES string of the molecule is O=C1CN(c2c(OCc3ccccc3)ccc(/C=C/c3ccccc3)c2F)S(=O)(=O)N1. The van der Waals surface area contributed by atoms with E-state index in [2.05, 4.69) is 0 Å². The summed E-state index contributed by atoms with van der Waals surface area (Å²) in [7, 11) is -4.21. The van der Waals surface area contributed by atoms with E-state index in [0.29, 0.717) is 4.31 Å². The molecular formula is C23H19FN2O4S. The monoisotopic (exact) mass is 438 g/mol. The van der Waals surface area contributed by atoms with Crippen molar-refractivity contribution in [3.8, 4) is 5.75 Å². The van der Waals surface area contributed by atoms with Crippen LogP contribution in [0.15, 0.2) is 72.8 Å². The van der Waals surface area contributed by atoms with Crippen molar-refractivity contribution in [3.63, 3.8) is 0 Å². The summed E-state index contributed by atoms with van der Waals surface area (Å²) in [5.74, 6) is -1.50. The molecule has 0 saturated carbocycles. The molecule has 0 atom stereocenters. The summed E-state index contributed by atoms with van der Waals surface area (Å²) in [6.45, 7) is -0.408. The highest BCUT2D eigenvalue weighted by Gasteiger charge is 2.38. The third-order valence-electron chi connectivity index (χ3n) is 4.67. The van der Waals surface area contributed by atoms with E-state index < -0.39 is 28.5 Å². The summed E-state index contributed by atoms with van der Waals surface area (Å²) in [4.78, 5) is 11.7. The van der Waals surface area contributed by atoms with Crippen LogP contribution in [-0.2, 0) is 21.6 Å². The van der Waals surface area contributed by atoms with E-state index in [1.807, 2.05) is 65.4 Å². The number of carbonyl (C=O) groups excluding carboxylic acids is 1. The van der Waals surface area contributed by atoms with Gasteiger partial charge in [0, 0.05) is 5.56 Å². The highest BCUT2D eigenvalue weighted by molar-refractivity contribution is 7.92. The van der Waals surface area contributed by atoms with E-state index in [0.717, 1.165) is 11.1 Å². The molecule has 4 rings (SSSR count). The molecule has 0 aliphatic carbocycles. The van der Waals surface area contributed by atoms with Gasteiger partial charge >= 0.3 is 10.2 Å². The van der Waals surface area contributed by atoms with Gasteiger partial charge < -0.3 is 4.74 Å². The zero-order chi connectivity index (χ0) is 21.8. The maximum atomic E-state index is 15.5. The lowest BCUT2D eigenvalue weighted by Crippen LogP contribution is -2.30. The van der Waals surface area contributed by atoms with Gasteiger partial charge in [0.25, 0.3) is 5.91 Å². The van der Waals surface area contributed by atoms with Crippen LogP contribution in [-0.4, -0.2) is 20.9 Å². The zero-order valence-corrected chi connectivity index (χ0v) is 17.2. The number of nitrogens with one attached hydrogen (secondary N) is 1. The predicted octanol–water partition coefficient (Wildman–Crippen LogP) is 3.76. The fourth-order valence-corrected chi connectivity index (χ4v) is 4.33. The first-order chi connectivity index (χ1) is 14.9. The van der Waals surface area contributed by atoms with E-state index in [1.165, 1.54) is 12.1 Å². The first kappa shape index (κ1) is 20.6. The first-order valence-corrected chi connectivity index (χ1v) is 10.9. The lowest BCUT2D eigenvalue weighted by atomic mass is 10.1. The number of anilines is 1. The summed E-state index contributed by atoms with van der Waals surface area (Å²) in [5.41, 5.74) is 1.56. The molecule has 1 aliphatic rings. The molecule has 3 aromatic carbocycles. The highest BCUT2D eigenvalue weighted by Crippen LogP contribution is 2.37. The van der Waals surface area contributed by atoms with E-state index in [4.69, 9.17) is 4.74 Å². The molecular weight excluding hydrogens is 419 g/mol. The van der Waals surface area contributed by atoms with Crippen LogP contribution in [0.2, 0.25) is 0 Å². The fraction of sp³-hybridized carbons (Fsp3) is 0.0870. The molecule has 0 spiro atoms. The largest absolute Gasteiger partial charge is 0.487 e. The van der Waals surface area contributed by atoms with E-state index in [1.54, 1.807) is 12.2 Å². The van der Waals surface area contributed by atoms with Gasteiger partial charge in [-0.25, -0.2) is 13.4 Å². The van der Waals surface area contributed by atoms with Crippen molar-refractivity contribution in [2.45, 2.75) is 6.61 Å². The third-order valence-corrected chi connectivity index (χ3v) is 6.05. The maximum Gasteiger partial charge on any atom is 0.326 e. The van der Waals surface area contributed by atoms with Gasteiger partial charge in [0.1, 0.15) is 24.6 Å². The summed E-state index contributed by atoms with van der Waals surface area (Å²) in [5, 5.41) is 0. The lowest BCUT2D eigenvalue weighted by Gasteiger charge is -2.20. The Bertz CT molecular complexity index is 1230. The van der Waals surface area contributed by atoms with Crippen LogP contribution in [0.5, 0.6) is 5.75 Å². The smallest absolute Gasteiger partial charge is 0.326 e.